The Morgan fingerprint density at radius 1 is 0.442 bits per heavy atom. The van der Waals surface area contributed by atoms with Gasteiger partial charge in [-0.2, -0.15) is 0 Å². The van der Waals surface area contributed by atoms with Crippen molar-refractivity contribution in [3.05, 3.63) is 158 Å². The highest BCUT2D eigenvalue weighted by atomic mass is 16.3. The zero-order valence-electron chi connectivity index (χ0n) is 27.1. The zero-order valence-corrected chi connectivity index (χ0v) is 23.1. The lowest BCUT2D eigenvalue weighted by molar-refractivity contribution is 0.670. The van der Waals surface area contributed by atoms with Crippen LogP contribution in [0.25, 0.3) is 87.6 Å². The van der Waals surface area contributed by atoms with Gasteiger partial charge in [-0.05, 0) is 72.7 Å². The molecule has 0 amide bonds. The molecular weight excluding hydrogens is 520 g/mol. The van der Waals surface area contributed by atoms with Crippen molar-refractivity contribution in [3.8, 4) is 33.4 Å². The largest absolute Gasteiger partial charge is 0.455 e. The molecule has 0 aliphatic heterocycles. The van der Waals surface area contributed by atoms with Gasteiger partial charge in [-0.25, -0.2) is 0 Å². The molecule has 1 heterocycles. The molecule has 8 aromatic carbocycles. The Morgan fingerprint density at radius 3 is 1.74 bits per heavy atom. The van der Waals surface area contributed by atoms with Gasteiger partial charge >= 0.3 is 0 Å². The van der Waals surface area contributed by atoms with Crippen molar-refractivity contribution in [2.45, 2.75) is 0 Å². The molecule has 1 heteroatoms. The van der Waals surface area contributed by atoms with Crippen LogP contribution in [0.15, 0.2) is 162 Å². The van der Waals surface area contributed by atoms with E-state index in [-0.39, 0.29) is 24.2 Å². The summed E-state index contributed by atoms with van der Waals surface area (Å²) in [5, 5.41) is 8.06. The second kappa shape index (κ2) is 9.44. The van der Waals surface area contributed by atoms with E-state index in [4.69, 9.17) is 8.53 Å². The van der Waals surface area contributed by atoms with Gasteiger partial charge in [0.25, 0.3) is 0 Å². The first kappa shape index (κ1) is 20.3. The van der Waals surface area contributed by atoms with E-state index in [1.807, 2.05) is 72.8 Å². The smallest absolute Gasteiger partial charge is 0.143 e. The summed E-state index contributed by atoms with van der Waals surface area (Å²) in [5.41, 5.74) is 5.75. The van der Waals surface area contributed by atoms with Crippen LogP contribution in [0.5, 0.6) is 0 Å². The fourth-order valence-electron chi connectivity index (χ4n) is 6.59. The number of furan rings is 1. The van der Waals surface area contributed by atoms with E-state index < -0.39 is 0 Å². The number of hydrogen-bond donors (Lipinski definition) is 0. The predicted octanol–water partition coefficient (Wildman–Crippen LogP) is 12.0. The second-order valence-electron chi connectivity index (χ2n) is 10.9. The Morgan fingerprint density at radius 2 is 1.02 bits per heavy atom. The van der Waals surface area contributed by atoms with Gasteiger partial charge in [0.1, 0.15) is 11.2 Å². The summed E-state index contributed by atoms with van der Waals surface area (Å²) in [4.78, 5) is 0. The quantitative estimate of drug-likeness (QED) is 0.199. The highest BCUT2D eigenvalue weighted by Gasteiger charge is 2.20. The molecule has 0 saturated heterocycles. The van der Waals surface area contributed by atoms with Crippen LogP contribution in [-0.2, 0) is 0 Å². The Hall–Kier alpha value is -5.66. The third kappa shape index (κ3) is 3.72. The second-order valence-corrected chi connectivity index (χ2v) is 10.9. The highest BCUT2D eigenvalue weighted by Crippen LogP contribution is 2.47. The highest BCUT2D eigenvalue weighted by molar-refractivity contribution is 6.24. The maximum absolute atomic E-state index is 9.46. The Balaban J connectivity index is 1.41. The molecule has 0 radical (unpaired) electrons. The molecule has 0 unspecified atom stereocenters. The predicted molar refractivity (Wildman–Crippen MR) is 183 cm³/mol. The van der Waals surface area contributed by atoms with Crippen LogP contribution in [0.1, 0.15) is 5.48 Å². The number of fused-ring (bicyclic) bond motifs is 6. The lowest BCUT2D eigenvalue weighted by atomic mass is 9.85. The van der Waals surface area contributed by atoms with Gasteiger partial charge < -0.3 is 4.42 Å². The molecular formula is C42H26O. The van der Waals surface area contributed by atoms with Crippen molar-refractivity contribution in [2.24, 2.45) is 0 Å². The van der Waals surface area contributed by atoms with Crippen LogP contribution in [0.2, 0.25) is 0 Å². The number of para-hydroxylation sites is 1. The van der Waals surface area contributed by atoms with E-state index in [0.29, 0.717) is 16.7 Å². The molecule has 0 spiro atoms. The average Bonchev–Trinajstić information content (AvgIpc) is 3.48. The maximum atomic E-state index is 9.46. The lowest BCUT2D eigenvalue weighted by Gasteiger charge is -2.18. The monoisotopic (exact) mass is 550 g/mol. The van der Waals surface area contributed by atoms with Crippen LogP contribution in [0.4, 0.5) is 0 Å². The topological polar surface area (TPSA) is 13.1 Å². The molecule has 0 fully saturated rings. The molecule has 9 aromatic rings. The number of hydrogen-bond acceptors (Lipinski definition) is 1. The van der Waals surface area contributed by atoms with E-state index >= 15 is 0 Å². The van der Waals surface area contributed by atoms with Crippen LogP contribution >= 0.6 is 0 Å². The Bertz CT molecular complexity index is 2670. The minimum absolute atomic E-state index is 0.0803. The fourth-order valence-corrected chi connectivity index (χ4v) is 6.59. The summed E-state index contributed by atoms with van der Waals surface area (Å²) in [6.07, 6.45) is 0. The van der Waals surface area contributed by atoms with Gasteiger partial charge in [0, 0.05) is 21.9 Å². The summed E-state index contributed by atoms with van der Waals surface area (Å²) in [7, 11) is 0. The van der Waals surface area contributed by atoms with E-state index in [9.17, 15) is 1.37 Å². The van der Waals surface area contributed by atoms with Crippen molar-refractivity contribution < 1.29 is 9.90 Å². The molecule has 43 heavy (non-hydrogen) atoms. The molecule has 1 aromatic heterocycles. The van der Waals surface area contributed by atoms with E-state index in [1.54, 1.807) is 0 Å². The van der Waals surface area contributed by atoms with E-state index in [2.05, 4.69) is 60.7 Å². The zero-order chi connectivity index (χ0) is 31.8. The first-order valence-electron chi connectivity index (χ1n) is 16.4. The van der Waals surface area contributed by atoms with Crippen molar-refractivity contribution in [1.29, 1.82) is 0 Å². The van der Waals surface area contributed by atoms with Crippen molar-refractivity contribution in [2.75, 3.05) is 0 Å². The molecule has 0 aliphatic carbocycles. The van der Waals surface area contributed by atoms with Crippen molar-refractivity contribution in [1.82, 2.24) is 0 Å². The SMILES string of the molecule is [2H]c1c([2H])c(-c2ccccc2)c([2H])c(-c2c3ccccc3c(-c3cccc4c3oc3cc5ccccc5cc34)c3ccccc23)c1[2H]. The molecule has 200 valence electrons. The van der Waals surface area contributed by atoms with Crippen LogP contribution in [-0.4, -0.2) is 0 Å². The molecule has 0 N–H and O–H groups in total. The Kier molecular flexibility index (Phi) is 4.45. The first-order valence-corrected chi connectivity index (χ1v) is 14.4. The van der Waals surface area contributed by atoms with Gasteiger partial charge in [0.2, 0.25) is 0 Å². The Labute approximate surface area is 254 Å². The fraction of sp³-hybridized carbons (Fsp3) is 0. The van der Waals surface area contributed by atoms with E-state index in [1.165, 1.54) is 0 Å². The first-order chi connectivity index (χ1) is 23.0. The van der Waals surface area contributed by atoms with Gasteiger partial charge in [-0.1, -0.05) is 139 Å². The lowest BCUT2D eigenvalue weighted by Crippen LogP contribution is -1.91. The molecule has 9 rings (SSSR count). The van der Waals surface area contributed by atoms with Gasteiger partial charge in [0.05, 0.1) is 5.48 Å². The molecule has 0 aliphatic rings. The molecule has 0 bridgehead atoms. The number of benzene rings is 8. The van der Waals surface area contributed by atoms with Gasteiger partial charge in [-0.3, -0.25) is 0 Å². The average molecular weight is 551 g/mol. The summed E-state index contributed by atoms with van der Waals surface area (Å²) in [5.74, 6) is 0. The standard InChI is InChI=1S/C42H26O/c1-2-12-27(13-3-1)28-16-10-17-31(24-28)40-32-18-6-8-20-34(32)41(35-21-9-7-19-33(35)40)37-23-11-22-36-38-25-29-14-4-5-15-30(29)26-39(38)43-42(36)37/h1-26H/i10D,16D,17D,24D. The third-order valence-corrected chi connectivity index (χ3v) is 8.50. The minimum Gasteiger partial charge on any atom is -0.455 e. The molecule has 1 nitrogen and oxygen atoms in total. The van der Waals surface area contributed by atoms with Crippen LogP contribution in [0, 0.1) is 0 Å². The van der Waals surface area contributed by atoms with Gasteiger partial charge in [0.15, 0.2) is 0 Å². The third-order valence-electron chi connectivity index (χ3n) is 8.50. The normalized spacial score (nSPS) is 13.0. The minimum atomic E-state index is -0.188. The summed E-state index contributed by atoms with van der Waals surface area (Å²) in [6.45, 7) is 0. The summed E-state index contributed by atoms with van der Waals surface area (Å²) in [6, 6.07) is 44.1. The summed E-state index contributed by atoms with van der Waals surface area (Å²) < 4.78 is 42.9. The van der Waals surface area contributed by atoms with Gasteiger partial charge in [-0.15, -0.1) is 0 Å². The van der Waals surface area contributed by atoms with E-state index in [0.717, 1.165) is 70.9 Å². The van der Waals surface area contributed by atoms with Crippen molar-refractivity contribution >= 4 is 54.3 Å². The maximum Gasteiger partial charge on any atom is 0.143 e. The number of rotatable bonds is 3. The summed E-state index contributed by atoms with van der Waals surface area (Å²) >= 11 is 0. The molecule has 0 saturated carbocycles. The van der Waals surface area contributed by atoms with Crippen LogP contribution in [0.3, 0.4) is 0 Å². The van der Waals surface area contributed by atoms with Crippen molar-refractivity contribution in [3.63, 3.8) is 0 Å². The van der Waals surface area contributed by atoms with Crippen LogP contribution < -0.4 is 0 Å². The molecule has 0 atom stereocenters.